The van der Waals surface area contributed by atoms with Crippen molar-refractivity contribution in [3.05, 3.63) is 58.7 Å². The van der Waals surface area contributed by atoms with Crippen LogP contribution in [0.3, 0.4) is 0 Å². The van der Waals surface area contributed by atoms with E-state index in [1.165, 1.54) is 0 Å². The van der Waals surface area contributed by atoms with Gasteiger partial charge in [0.15, 0.2) is 6.10 Å². The molecular formula is C36H49N5O6. The number of β-amino-alcohol motifs (C(OH)–C–C–N with tert-alkyl or cyclic N) is 1. The molecule has 11 heteroatoms. The number of nitrogens with one attached hydrogen (secondary N) is 1. The SMILES string of the molecule is Cc1cc(C[C@@H](OC(=O)N2CCC(N3CCc4ccccc4NC3=O)CC2)C(=O)N2CCC(N3CCCC(O)C3)CC2)cc(C)c1O. The average molecular weight is 648 g/mol. The van der Waals surface area contributed by atoms with E-state index >= 15 is 0 Å². The number of ether oxygens (including phenoxy) is 1. The molecule has 0 aliphatic carbocycles. The number of benzene rings is 2. The number of anilines is 1. The molecule has 3 saturated heterocycles. The van der Waals surface area contributed by atoms with Gasteiger partial charge in [0.1, 0.15) is 5.75 Å². The molecule has 0 spiro atoms. The molecule has 2 aromatic rings. The monoisotopic (exact) mass is 647 g/mol. The molecule has 2 aromatic carbocycles. The highest BCUT2D eigenvalue weighted by Gasteiger charge is 2.36. The van der Waals surface area contributed by atoms with Crippen molar-refractivity contribution in [2.24, 2.45) is 0 Å². The van der Waals surface area contributed by atoms with Crippen LogP contribution in [-0.4, -0.2) is 118 Å². The maximum atomic E-state index is 14.0. The number of phenolic OH excluding ortho intramolecular Hbond substituents is 1. The van der Waals surface area contributed by atoms with Gasteiger partial charge in [0.2, 0.25) is 0 Å². The zero-order valence-electron chi connectivity index (χ0n) is 27.7. The first kappa shape index (κ1) is 33.1. The number of aliphatic hydroxyl groups is 1. The van der Waals surface area contributed by atoms with Gasteiger partial charge in [-0.25, -0.2) is 9.59 Å². The molecule has 1 unspecified atom stereocenters. The van der Waals surface area contributed by atoms with Gasteiger partial charge in [-0.2, -0.15) is 0 Å². The number of phenols is 1. The number of hydrogen-bond donors (Lipinski definition) is 3. The van der Waals surface area contributed by atoms with Gasteiger partial charge in [-0.15, -0.1) is 0 Å². The number of nitrogens with zero attached hydrogens (tertiary/aromatic N) is 4. The second-order valence-corrected chi connectivity index (χ2v) is 13.8. The summed E-state index contributed by atoms with van der Waals surface area (Å²) in [7, 11) is 0. The van der Waals surface area contributed by atoms with E-state index in [0.29, 0.717) is 69.3 Å². The number of piperidine rings is 3. The van der Waals surface area contributed by atoms with Gasteiger partial charge in [-0.05, 0) is 93.7 Å². The number of carbonyl (C=O) groups is 3. The maximum absolute atomic E-state index is 14.0. The highest BCUT2D eigenvalue weighted by molar-refractivity contribution is 5.91. The smallest absolute Gasteiger partial charge is 0.410 e. The van der Waals surface area contributed by atoms with Crippen LogP contribution in [0.2, 0.25) is 0 Å². The number of urea groups is 1. The Morgan fingerprint density at radius 3 is 2.28 bits per heavy atom. The molecule has 3 fully saturated rings. The summed E-state index contributed by atoms with van der Waals surface area (Å²) in [4.78, 5) is 48.4. The highest BCUT2D eigenvalue weighted by Crippen LogP contribution is 2.28. The van der Waals surface area contributed by atoms with Crippen molar-refractivity contribution in [2.75, 3.05) is 51.1 Å². The van der Waals surface area contributed by atoms with Gasteiger partial charge in [0.05, 0.1) is 6.10 Å². The summed E-state index contributed by atoms with van der Waals surface area (Å²) in [5.74, 6) is 0.0258. The van der Waals surface area contributed by atoms with Gasteiger partial charge in [-0.1, -0.05) is 30.3 Å². The lowest BCUT2D eigenvalue weighted by atomic mass is 9.97. The first-order chi connectivity index (χ1) is 22.7. The molecule has 4 aliphatic rings. The summed E-state index contributed by atoms with van der Waals surface area (Å²) in [5, 5.41) is 23.5. The predicted molar refractivity (Wildman–Crippen MR) is 178 cm³/mol. The first-order valence-electron chi connectivity index (χ1n) is 17.3. The molecule has 47 heavy (non-hydrogen) atoms. The van der Waals surface area contributed by atoms with Gasteiger partial charge in [0, 0.05) is 63.5 Å². The summed E-state index contributed by atoms with van der Waals surface area (Å²) in [6.07, 6.45) is 3.93. The fraction of sp³-hybridized carbons (Fsp3) is 0.583. The van der Waals surface area contributed by atoms with Gasteiger partial charge in [-0.3, -0.25) is 9.69 Å². The molecular weight excluding hydrogens is 598 g/mol. The van der Waals surface area contributed by atoms with Crippen molar-refractivity contribution < 1.29 is 29.3 Å². The number of aliphatic hydroxyl groups excluding tert-OH is 1. The predicted octanol–water partition coefficient (Wildman–Crippen LogP) is 4.06. The van der Waals surface area contributed by atoms with Crippen LogP contribution in [0, 0.1) is 13.8 Å². The normalized spacial score (nSPS) is 22.3. The number of likely N-dealkylation sites (tertiary alicyclic amines) is 3. The van der Waals surface area contributed by atoms with Crippen molar-refractivity contribution in [2.45, 2.75) is 89.5 Å². The van der Waals surface area contributed by atoms with Gasteiger partial charge < -0.3 is 35.0 Å². The van der Waals surface area contributed by atoms with Crippen molar-refractivity contribution in [1.29, 1.82) is 0 Å². The molecule has 4 heterocycles. The van der Waals surface area contributed by atoms with Crippen LogP contribution in [0.1, 0.15) is 60.8 Å². The molecule has 0 radical (unpaired) electrons. The van der Waals surface area contributed by atoms with Crippen LogP contribution in [0.25, 0.3) is 0 Å². The van der Waals surface area contributed by atoms with Crippen LogP contribution in [0.15, 0.2) is 36.4 Å². The lowest BCUT2D eigenvalue weighted by Gasteiger charge is -2.42. The van der Waals surface area contributed by atoms with Crippen molar-refractivity contribution in [1.82, 2.24) is 19.6 Å². The van der Waals surface area contributed by atoms with E-state index in [0.717, 1.165) is 55.5 Å². The summed E-state index contributed by atoms with van der Waals surface area (Å²) in [6.45, 7) is 7.95. The molecule has 0 bridgehead atoms. The van der Waals surface area contributed by atoms with Crippen molar-refractivity contribution in [3.63, 3.8) is 0 Å². The number of aryl methyl sites for hydroxylation is 2. The summed E-state index contributed by atoms with van der Waals surface area (Å²) < 4.78 is 6.04. The van der Waals surface area contributed by atoms with Crippen molar-refractivity contribution in [3.8, 4) is 5.75 Å². The van der Waals surface area contributed by atoms with Crippen LogP contribution >= 0.6 is 0 Å². The Balaban J connectivity index is 1.09. The van der Waals surface area contributed by atoms with E-state index in [1.54, 1.807) is 4.90 Å². The Morgan fingerprint density at radius 2 is 1.57 bits per heavy atom. The van der Waals surface area contributed by atoms with Crippen molar-refractivity contribution >= 4 is 23.7 Å². The number of aromatic hydroxyl groups is 1. The van der Waals surface area contributed by atoms with E-state index in [-0.39, 0.29) is 36.3 Å². The standard InChI is InChI=1S/C36H49N5O6/c1-24-20-26(21-25(2)33(24)43)22-32(34(44)38-15-10-28(11-16-38)40-14-5-7-30(42)23-40)47-36(46)39-17-12-29(13-18-39)41-19-9-27-6-3-4-8-31(27)37-35(41)45/h3-4,6,8,20-21,28-30,32,42-43H,5,7,9-19,22-23H2,1-2H3,(H,37,45)/t30?,32-/m1/s1. The molecule has 3 N–H and O–H groups in total. The van der Waals surface area contributed by atoms with Gasteiger partial charge in [0.25, 0.3) is 5.91 Å². The number of amides is 4. The zero-order chi connectivity index (χ0) is 33.1. The number of fused-ring (bicyclic) bond motifs is 1. The summed E-state index contributed by atoms with van der Waals surface area (Å²) >= 11 is 0. The third-order valence-corrected chi connectivity index (χ3v) is 10.5. The topological polar surface area (TPSA) is 126 Å². The minimum atomic E-state index is -0.994. The number of rotatable bonds is 6. The first-order valence-corrected chi connectivity index (χ1v) is 17.3. The lowest BCUT2D eigenvalue weighted by molar-refractivity contribution is -0.142. The minimum absolute atomic E-state index is 0.0102. The third kappa shape index (κ3) is 7.67. The van der Waals surface area contributed by atoms with E-state index in [1.807, 2.05) is 60.0 Å². The minimum Gasteiger partial charge on any atom is -0.507 e. The second-order valence-electron chi connectivity index (χ2n) is 13.8. The fourth-order valence-electron chi connectivity index (χ4n) is 7.82. The molecule has 254 valence electrons. The molecule has 0 aromatic heterocycles. The third-order valence-electron chi connectivity index (χ3n) is 10.5. The van der Waals surface area contributed by atoms with Crippen LogP contribution < -0.4 is 5.32 Å². The Bertz CT molecular complexity index is 1430. The second kappa shape index (κ2) is 14.5. The Morgan fingerprint density at radius 1 is 0.915 bits per heavy atom. The van der Waals surface area contributed by atoms with E-state index in [4.69, 9.17) is 4.74 Å². The van der Waals surface area contributed by atoms with Crippen LogP contribution in [0.5, 0.6) is 5.75 Å². The largest absolute Gasteiger partial charge is 0.507 e. The summed E-state index contributed by atoms with van der Waals surface area (Å²) in [6, 6.07) is 11.8. The van der Waals surface area contributed by atoms with E-state index in [2.05, 4.69) is 10.2 Å². The van der Waals surface area contributed by atoms with Gasteiger partial charge >= 0.3 is 12.1 Å². The van der Waals surface area contributed by atoms with Crippen LogP contribution in [0.4, 0.5) is 15.3 Å². The molecule has 6 rings (SSSR count). The maximum Gasteiger partial charge on any atom is 0.410 e. The average Bonchev–Trinajstić information content (AvgIpc) is 3.24. The number of carbonyl (C=O) groups excluding carboxylic acids is 3. The zero-order valence-corrected chi connectivity index (χ0v) is 27.7. The molecule has 4 aliphatic heterocycles. The Hall–Kier alpha value is -3.83. The summed E-state index contributed by atoms with van der Waals surface area (Å²) in [5.41, 5.74) is 4.22. The fourth-order valence-corrected chi connectivity index (χ4v) is 7.82. The molecule has 11 nitrogen and oxygen atoms in total. The lowest BCUT2D eigenvalue weighted by Crippen LogP contribution is -2.53. The molecule has 0 saturated carbocycles. The van der Waals surface area contributed by atoms with E-state index in [9.17, 15) is 24.6 Å². The Labute approximate surface area is 277 Å². The molecule has 2 atom stereocenters. The number of hydrogen-bond acceptors (Lipinski definition) is 7. The highest BCUT2D eigenvalue weighted by atomic mass is 16.6. The Kier molecular flexibility index (Phi) is 10.2. The van der Waals surface area contributed by atoms with E-state index < -0.39 is 12.2 Å². The quantitative estimate of drug-likeness (QED) is 0.432. The number of para-hydroxylation sites is 1. The van der Waals surface area contributed by atoms with Crippen LogP contribution in [-0.2, 0) is 22.4 Å². The molecule has 4 amide bonds.